The first-order valence-corrected chi connectivity index (χ1v) is 7.35. The summed E-state index contributed by atoms with van der Waals surface area (Å²) in [5.74, 6) is 0.0222. The molecule has 1 amide bonds. The highest BCUT2D eigenvalue weighted by Crippen LogP contribution is 2.16. The van der Waals surface area contributed by atoms with Crippen LogP contribution in [0.4, 0.5) is 0 Å². The van der Waals surface area contributed by atoms with Crippen molar-refractivity contribution in [3.05, 3.63) is 39.8 Å². The van der Waals surface area contributed by atoms with Crippen molar-refractivity contribution in [1.82, 2.24) is 25.1 Å². The van der Waals surface area contributed by atoms with Gasteiger partial charge in [-0.1, -0.05) is 37.6 Å². The Bertz CT molecular complexity index is 722. The Labute approximate surface area is 132 Å². The topological polar surface area (TPSA) is 81.8 Å². The lowest BCUT2D eigenvalue weighted by Crippen LogP contribution is -2.40. The Morgan fingerprint density at radius 2 is 1.95 bits per heavy atom. The molecule has 0 unspecified atom stereocenters. The number of hydrogen-bond donors (Lipinski definition) is 1. The number of para-hydroxylation sites is 1. The summed E-state index contributed by atoms with van der Waals surface area (Å²) in [6.07, 6.45) is 0. The maximum absolute atomic E-state index is 12.2. The molecule has 118 valence electrons. The molecule has 2 rings (SSSR count). The molecule has 8 heteroatoms. The van der Waals surface area contributed by atoms with E-state index in [-0.39, 0.29) is 18.5 Å². The number of halogens is 1. The van der Waals surface area contributed by atoms with Gasteiger partial charge in [-0.15, -0.1) is 0 Å². The largest absolute Gasteiger partial charge is 0.369 e. The van der Waals surface area contributed by atoms with Crippen LogP contribution >= 0.6 is 11.6 Å². The SMILES string of the molecule is CC(C)[C@@H](C)NC(=O)Cn1nnn(-c2ccccc2Cl)c1=O. The molecule has 0 aliphatic rings. The summed E-state index contributed by atoms with van der Waals surface area (Å²) < 4.78 is 2.08. The van der Waals surface area contributed by atoms with Gasteiger partial charge in [-0.3, -0.25) is 4.79 Å². The number of benzene rings is 1. The van der Waals surface area contributed by atoms with E-state index < -0.39 is 5.69 Å². The molecule has 0 aliphatic carbocycles. The van der Waals surface area contributed by atoms with Crippen LogP contribution in [-0.4, -0.2) is 31.7 Å². The van der Waals surface area contributed by atoms with Gasteiger partial charge in [-0.2, -0.15) is 9.36 Å². The maximum Gasteiger partial charge on any atom is 0.369 e. The van der Waals surface area contributed by atoms with Crippen molar-refractivity contribution in [2.45, 2.75) is 33.4 Å². The smallest absolute Gasteiger partial charge is 0.352 e. The van der Waals surface area contributed by atoms with E-state index in [1.807, 2.05) is 20.8 Å². The molecule has 7 nitrogen and oxygen atoms in total. The minimum absolute atomic E-state index is 0.0156. The standard InChI is InChI=1S/C14H18ClN5O2/c1-9(2)10(3)16-13(21)8-19-14(22)20(18-17-19)12-7-5-4-6-11(12)15/h4-7,9-10H,8H2,1-3H3,(H,16,21)/t10-/m1/s1. The van der Waals surface area contributed by atoms with Crippen LogP contribution in [0.15, 0.2) is 29.1 Å². The first-order chi connectivity index (χ1) is 10.4. The predicted molar refractivity (Wildman–Crippen MR) is 83.1 cm³/mol. The fourth-order valence-corrected chi connectivity index (χ4v) is 1.97. The molecule has 1 aromatic heterocycles. The number of amides is 1. The minimum Gasteiger partial charge on any atom is -0.352 e. The molecule has 22 heavy (non-hydrogen) atoms. The summed E-state index contributed by atoms with van der Waals surface area (Å²) in [5.41, 5.74) is -0.0863. The predicted octanol–water partition coefficient (Wildman–Crippen LogP) is 1.24. The Kier molecular flexibility index (Phi) is 4.97. The van der Waals surface area contributed by atoms with Crippen LogP contribution in [0.3, 0.4) is 0 Å². The summed E-state index contributed by atoms with van der Waals surface area (Å²) >= 11 is 6.03. The molecular weight excluding hydrogens is 306 g/mol. The van der Waals surface area contributed by atoms with Gasteiger partial charge in [-0.25, -0.2) is 4.79 Å². The number of carbonyl (C=O) groups excluding carboxylic acids is 1. The summed E-state index contributed by atoms with van der Waals surface area (Å²) in [6, 6.07) is 6.82. The third kappa shape index (κ3) is 3.54. The van der Waals surface area contributed by atoms with Gasteiger partial charge in [-0.05, 0) is 35.4 Å². The number of hydrogen-bond acceptors (Lipinski definition) is 4. The van der Waals surface area contributed by atoms with Crippen molar-refractivity contribution < 1.29 is 4.79 Å². The molecule has 1 aromatic carbocycles. The van der Waals surface area contributed by atoms with Gasteiger partial charge in [0.2, 0.25) is 5.91 Å². The minimum atomic E-state index is -0.513. The third-order valence-corrected chi connectivity index (χ3v) is 3.72. The molecular formula is C14H18ClN5O2. The monoisotopic (exact) mass is 323 g/mol. The van der Waals surface area contributed by atoms with Gasteiger partial charge in [0.1, 0.15) is 6.54 Å². The summed E-state index contributed by atoms with van der Waals surface area (Å²) in [7, 11) is 0. The zero-order valence-corrected chi connectivity index (χ0v) is 13.4. The van der Waals surface area contributed by atoms with Gasteiger partial charge in [0, 0.05) is 6.04 Å². The van der Waals surface area contributed by atoms with E-state index in [2.05, 4.69) is 15.7 Å². The molecule has 2 aromatic rings. The summed E-state index contributed by atoms with van der Waals surface area (Å²) in [5, 5.41) is 10.7. The van der Waals surface area contributed by atoms with Crippen molar-refractivity contribution in [1.29, 1.82) is 0 Å². The Morgan fingerprint density at radius 3 is 2.59 bits per heavy atom. The van der Waals surface area contributed by atoms with Gasteiger partial charge in [0.05, 0.1) is 10.7 Å². The molecule has 0 radical (unpaired) electrons. The molecule has 0 aliphatic heterocycles. The van der Waals surface area contributed by atoms with E-state index >= 15 is 0 Å². The first kappa shape index (κ1) is 16.2. The quantitative estimate of drug-likeness (QED) is 0.897. The molecule has 0 bridgehead atoms. The lowest BCUT2D eigenvalue weighted by Gasteiger charge is -2.16. The van der Waals surface area contributed by atoms with Gasteiger partial charge >= 0.3 is 5.69 Å². The van der Waals surface area contributed by atoms with Crippen LogP contribution in [0, 0.1) is 5.92 Å². The fourth-order valence-electron chi connectivity index (χ4n) is 1.75. The van der Waals surface area contributed by atoms with E-state index in [1.54, 1.807) is 24.3 Å². The van der Waals surface area contributed by atoms with Crippen molar-refractivity contribution in [3.63, 3.8) is 0 Å². The Morgan fingerprint density at radius 1 is 1.27 bits per heavy atom. The Balaban J connectivity index is 2.17. The third-order valence-electron chi connectivity index (χ3n) is 3.40. The van der Waals surface area contributed by atoms with Gasteiger partial charge in [0.15, 0.2) is 0 Å². The van der Waals surface area contributed by atoms with Crippen LogP contribution < -0.4 is 11.0 Å². The average molecular weight is 324 g/mol. The van der Waals surface area contributed by atoms with E-state index in [1.165, 1.54) is 0 Å². The highest BCUT2D eigenvalue weighted by molar-refractivity contribution is 6.32. The fraction of sp³-hybridized carbons (Fsp3) is 0.429. The molecule has 1 N–H and O–H groups in total. The van der Waals surface area contributed by atoms with E-state index in [0.717, 1.165) is 9.36 Å². The zero-order valence-electron chi connectivity index (χ0n) is 12.7. The Hall–Kier alpha value is -2.15. The van der Waals surface area contributed by atoms with Crippen molar-refractivity contribution in [3.8, 4) is 5.69 Å². The van der Waals surface area contributed by atoms with Crippen molar-refractivity contribution in [2.75, 3.05) is 0 Å². The zero-order chi connectivity index (χ0) is 16.3. The lowest BCUT2D eigenvalue weighted by atomic mass is 10.1. The van der Waals surface area contributed by atoms with Crippen LogP contribution in [0.25, 0.3) is 5.69 Å². The second kappa shape index (κ2) is 6.74. The van der Waals surface area contributed by atoms with Gasteiger partial charge in [0.25, 0.3) is 0 Å². The van der Waals surface area contributed by atoms with Crippen molar-refractivity contribution in [2.24, 2.45) is 5.92 Å². The molecule has 0 spiro atoms. The van der Waals surface area contributed by atoms with E-state index in [4.69, 9.17) is 11.6 Å². The van der Waals surface area contributed by atoms with Crippen LogP contribution in [0.5, 0.6) is 0 Å². The average Bonchev–Trinajstić information content (AvgIpc) is 2.80. The molecule has 0 fully saturated rings. The number of tetrazole rings is 1. The molecule has 0 saturated carbocycles. The van der Waals surface area contributed by atoms with Crippen LogP contribution in [0.1, 0.15) is 20.8 Å². The second-order valence-electron chi connectivity index (χ2n) is 5.38. The normalized spacial score (nSPS) is 12.4. The van der Waals surface area contributed by atoms with E-state index in [0.29, 0.717) is 16.6 Å². The summed E-state index contributed by atoms with van der Waals surface area (Å²) in [6.45, 7) is 5.74. The highest BCUT2D eigenvalue weighted by atomic mass is 35.5. The lowest BCUT2D eigenvalue weighted by molar-refractivity contribution is -0.122. The van der Waals surface area contributed by atoms with Gasteiger partial charge < -0.3 is 5.32 Å². The van der Waals surface area contributed by atoms with Crippen molar-refractivity contribution >= 4 is 17.5 Å². The second-order valence-corrected chi connectivity index (χ2v) is 5.79. The number of nitrogens with zero attached hydrogens (tertiary/aromatic N) is 4. The number of rotatable bonds is 5. The number of nitrogens with one attached hydrogen (secondary N) is 1. The maximum atomic E-state index is 12.2. The summed E-state index contributed by atoms with van der Waals surface area (Å²) in [4.78, 5) is 24.2. The number of aromatic nitrogens is 4. The van der Waals surface area contributed by atoms with Crippen LogP contribution in [-0.2, 0) is 11.3 Å². The molecule has 1 atom stereocenters. The van der Waals surface area contributed by atoms with E-state index in [9.17, 15) is 9.59 Å². The number of carbonyl (C=O) groups is 1. The molecule has 0 saturated heterocycles. The first-order valence-electron chi connectivity index (χ1n) is 6.97. The van der Waals surface area contributed by atoms with Crippen LogP contribution in [0.2, 0.25) is 5.02 Å². The highest BCUT2D eigenvalue weighted by Gasteiger charge is 2.16. The molecule has 1 heterocycles.